The van der Waals surface area contributed by atoms with E-state index in [0.717, 1.165) is 13.0 Å². The van der Waals surface area contributed by atoms with E-state index in [0.29, 0.717) is 6.54 Å². The predicted octanol–water partition coefficient (Wildman–Crippen LogP) is 1.72. The molecule has 1 N–H and O–H groups in total. The van der Waals surface area contributed by atoms with Crippen LogP contribution in [0, 0.1) is 0 Å². The molecule has 14 heavy (non-hydrogen) atoms. The van der Waals surface area contributed by atoms with Crippen LogP contribution in [-0.4, -0.2) is 43.5 Å². The Hall–Kier alpha value is -0.220. The van der Waals surface area contributed by atoms with Crippen LogP contribution in [0.4, 0.5) is 8.78 Å². The summed E-state index contributed by atoms with van der Waals surface area (Å²) in [7, 11) is 0. The van der Waals surface area contributed by atoms with E-state index in [1.807, 2.05) is 0 Å². The molecule has 1 saturated heterocycles. The second-order valence-electron chi connectivity index (χ2n) is 3.98. The molecule has 0 aromatic heterocycles. The lowest BCUT2D eigenvalue weighted by atomic mass is 10.3. The molecular weight excluding hydrogens is 186 g/mol. The van der Waals surface area contributed by atoms with E-state index < -0.39 is 12.5 Å². The number of rotatable bonds is 6. The Bertz CT molecular complexity index is 143. The van der Waals surface area contributed by atoms with Gasteiger partial charge in [0.2, 0.25) is 0 Å². The fourth-order valence-electron chi connectivity index (χ4n) is 1.73. The van der Waals surface area contributed by atoms with Gasteiger partial charge in [-0.3, -0.25) is 0 Å². The smallest absolute Gasteiger partial charge is 0.253 e. The zero-order valence-corrected chi connectivity index (χ0v) is 8.81. The van der Waals surface area contributed by atoms with Gasteiger partial charge in [0.15, 0.2) is 0 Å². The van der Waals surface area contributed by atoms with E-state index in [2.05, 4.69) is 10.2 Å². The second kappa shape index (κ2) is 6.30. The molecule has 0 radical (unpaired) electrons. The summed E-state index contributed by atoms with van der Waals surface area (Å²) >= 11 is 0. The monoisotopic (exact) mass is 206 g/mol. The fourth-order valence-corrected chi connectivity index (χ4v) is 1.73. The number of nitrogens with zero attached hydrogens (tertiary/aromatic N) is 1. The molecule has 1 fully saturated rings. The molecule has 1 aliphatic rings. The van der Waals surface area contributed by atoms with Crippen LogP contribution in [0.1, 0.15) is 26.2 Å². The summed E-state index contributed by atoms with van der Waals surface area (Å²) in [5.74, 6) is 0. The van der Waals surface area contributed by atoms with Crippen LogP contribution in [0.25, 0.3) is 0 Å². The summed E-state index contributed by atoms with van der Waals surface area (Å²) in [6.45, 7) is 5.64. The lowest BCUT2D eigenvalue weighted by molar-refractivity contribution is 0.106. The van der Waals surface area contributed by atoms with Gasteiger partial charge in [0.1, 0.15) is 0 Å². The Kier molecular flexibility index (Phi) is 5.33. The van der Waals surface area contributed by atoms with Crippen molar-refractivity contribution < 1.29 is 8.78 Å². The summed E-state index contributed by atoms with van der Waals surface area (Å²) in [6, 6.07) is -0.673. The van der Waals surface area contributed by atoms with E-state index in [9.17, 15) is 8.78 Å². The van der Waals surface area contributed by atoms with Crippen molar-refractivity contribution in [2.75, 3.05) is 26.2 Å². The van der Waals surface area contributed by atoms with Gasteiger partial charge in [0.05, 0.1) is 6.04 Å². The highest BCUT2D eigenvalue weighted by atomic mass is 19.3. The predicted molar refractivity (Wildman–Crippen MR) is 53.8 cm³/mol. The summed E-state index contributed by atoms with van der Waals surface area (Å²) in [4.78, 5) is 2.40. The van der Waals surface area contributed by atoms with Gasteiger partial charge >= 0.3 is 0 Å². The molecule has 0 aliphatic carbocycles. The van der Waals surface area contributed by atoms with Crippen molar-refractivity contribution in [2.24, 2.45) is 0 Å². The normalized spacial score (nSPS) is 20.6. The quantitative estimate of drug-likeness (QED) is 0.666. The minimum absolute atomic E-state index is 0.673. The number of alkyl halides is 2. The topological polar surface area (TPSA) is 15.3 Å². The van der Waals surface area contributed by atoms with Crippen LogP contribution >= 0.6 is 0 Å². The molecule has 0 saturated carbocycles. The third kappa shape index (κ3) is 4.33. The Morgan fingerprint density at radius 2 is 1.93 bits per heavy atom. The van der Waals surface area contributed by atoms with Gasteiger partial charge in [-0.05, 0) is 52.4 Å². The van der Waals surface area contributed by atoms with E-state index in [1.165, 1.54) is 32.9 Å². The van der Waals surface area contributed by atoms with E-state index in [1.54, 1.807) is 0 Å². The third-order valence-electron chi connectivity index (χ3n) is 2.69. The van der Waals surface area contributed by atoms with E-state index in [-0.39, 0.29) is 0 Å². The van der Waals surface area contributed by atoms with E-state index >= 15 is 0 Å². The molecule has 1 atom stereocenters. The van der Waals surface area contributed by atoms with Crippen LogP contribution in [-0.2, 0) is 0 Å². The average molecular weight is 206 g/mol. The summed E-state index contributed by atoms with van der Waals surface area (Å²) < 4.78 is 24.2. The van der Waals surface area contributed by atoms with Crippen molar-refractivity contribution in [3.63, 3.8) is 0 Å². The molecule has 0 amide bonds. The van der Waals surface area contributed by atoms with Gasteiger partial charge in [0, 0.05) is 0 Å². The highest BCUT2D eigenvalue weighted by molar-refractivity contribution is 4.67. The highest BCUT2D eigenvalue weighted by Gasteiger charge is 2.14. The number of likely N-dealkylation sites (tertiary alicyclic amines) is 1. The number of halogens is 2. The summed E-state index contributed by atoms with van der Waals surface area (Å²) in [5.41, 5.74) is 0. The molecule has 1 aliphatic heterocycles. The molecule has 0 aromatic carbocycles. The zero-order valence-electron chi connectivity index (χ0n) is 8.81. The van der Waals surface area contributed by atoms with Gasteiger partial charge in [-0.25, -0.2) is 8.78 Å². The van der Waals surface area contributed by atoms with Crippen molar-refractivity contribution in [2.45, 2.75) is 38.7 Å². The SMILES string of the molecule is CC(NCCCN1CCCC1)C(F)F. The molecule has 1 heterocycles. The Morgan fingerprint density at radius 1 is 1.29 bits per heavy atom. The van der Waals surface area contributed by atoms with Crippen LogP contribution in [0.3, 0.4) is 0 Å². The van der Waals surface area contributed by atoms with Gasteiger partial charge in [0.25, 0.3) is 6.43 Å². The van der Waals surface area contributed by atoms with Gasteiger partial charge in [-0.1, -0.05) is 0 Å². The second-order valence-corrected chi connectivity index (χ2v) is 3.98. The number of hydrogen-bond acceptors (Lipinski definition) is 2. The van der Waals surface area contributed by atoms with Gasteiger partial charge < -0.3 is 10.2 Å². The van der Waals surface area contributed by atoms with Crippen LogP contribution < -0.4 is 5.32 Å². The van der Waals surface area contributed by atoms with Crippen LogP contribution in [0.15, 0.2) is 0 Å². The van der Waals surface area contributed by atoms with Gasteiger partial charge in [-0.15, -0.1) is 0 Å². The molecule has 0 aromatic rings. The molecule has 84 valence electrons. The van der Waals surface area contributed by atoms with Crippen molar-refractivity contribution in [1.29, 1.82) is 0 Å². The minimum Gasteiger partial charge on any atom is -0.309 e. The standard InChI is InChI=1S/C10H20F2N2/c1-9(10(11)12)13-5-4-8-14-6-2-3-7-14/h9-10,13H,2-8H2,1H3. The Labute approximate surface area is 84.7 Å². The molecular formula is C10H20F2N2. The molecule has 1 unspecified atom stereocenters. The Balaban J connectivity index is 1.93. The van der Waals surface area contributed by atoms with Crippen molar-refractivity contribution >= 4 is 0 Å². The molecule has 4 heteroatoms. The van der Waals surface area contributed by atoms with Crippen molar-refractivity contribution in [3.8, 4) is 0 Å². The highest BCUT2D eigenvalue weighted by Crippen LogP contribution is 2.07. The first-order chi connectivity index (χ1) is 6.70. The first kappa shape index (κ1) is 11.9. The van der Waals surface area contributed by atoms with Crippen LogP contribution in [0.2, 0.25) is 0 Å². The minimum atomic E-state index is -2.25. The lowest BCUT2D eigenvalue weighted by Gasteiger charge is -2.16. The molecule has 0 bridgehead atoms. The number of hydrogen-bond donors (Lipinski definition) is 1. The zero-order chi connectivity index (χ0) is 10.4. The first-order valence-electron chi connectivity index (χ1n) is 5.44. The average Bonchev–Trinajstić information content (AvgIpc) is 2.64. The fraction of sp³-hybridized carbons (Fsp3) is 1.00. The van der Waals surface area contributed by atoms with Gasteiger partial charge in [-0.2, -0.15) is 0 Å². The van der Waals surface area contributed by atoms with Crippen LogP contribution in [0.5, 0.6) is 0 Å². The largest absolute Gasteiger partial charge is 0.309 e. The van der Waals surface area contributed by atoms with Crippen molar-refractivity contribution in [1.82, 2.24) is 10.2 Å². The third-order valence-corrected chi connectivity index (χ3v) is 2.69. The van der Waals surface area contributed by atoms with Crippen molar-refractivity contribution in [3.05, 3.63) is 0 Å². The number of nitrogens with one attached hydrogen (secondary N) is 1. The lowest BCUT2D eigenvalue weighted by Crippen LogP contribution is -2.34. The molecule has 1 rings (SSSR count). The summed E-state index contributed by atoms with van der Waals surface area (Å²) in [6.07, 6.45) is 1.31. The molecule has 2 nitrogen and oxygen atoms in total. The first-order valence-corrected chi connectivity index (χ1v) is 5.44. The maximum atomic E-state index is 12.1. The van der Waals surface area contributed by atoms with E-state index in [4.69, 9.17) is 0 Å². The maximum absolute atomic E-state index is 12.1. The Morgan fingerprint density at radius 3 is 2.50 bits per heavy atom. The molecule has 0 spiro atoms. The summed E-state index contributed by atoms with van der Waals surface area (Å²) in [5, 5.41) is 2.83. The maximum Gasteiger partial charge on any atom is 0.253 e.